The number of hydrogen-bond donors (Lipinski definition) is 1. The molecule has 3 atom stereocenters. The number of likely N-dealkylation sites (tertiary alicyclic amines) is 1. The van der Waals surface area contributed by atoms with Crippen LogP contribution < -0.4 is 9.47 Å². The second-order valence-corrected chi connectivity index (χ2v) is 8.47. The molecular weight excluding hydrogens is 356 g/mol. The summed E-state index contributed by atoms with van der Waals surface area (Å²) in [6.45, 7) is 5.21. The van der Waals surface area contributed by atoms with Gasteiger partial charge in [0.25, 0.3) is 5.91 Å². The van der Waals surface area contributed by atoms with E-state index in [0.29, 0.717) is 17.7 Å². The van der Waals surface area contributed by atoms with E-state index in [1.165, 1.54) is 18.4 Å². The lowest BCUT2D eigenvalue weighted by Gasteiger charge is -2.51. The van der Waals surface area contributed by atoms with Crippen LogP contribution in [0.3, 0.4) is 0 Å². The molecule has 5 aliphatic rings. The SMILES string of the molecule is Cc1cc(C(=O)N2C[C@@H](c3ccc4c(c3)OCO4)[C@@H]3[C@H]2C2CCN3CC2)n[nH]1. The van der Waals surface area contributed by atoms with Crippen molar-refractivity contribution in [3.05, 3.63) is 41.2 Å². The number of piperidine rings is 3. The van der Waals surface area contributed by atoms with E-state index < -0.39 is 0 Å². The number of H-pyrrole nitrogens is 1. The Labute approximate surface area is 163 Å². The molecule has 0 spiro atoms. The van der Waals surface area contributed by atoms with Gasteiger partial charge >= 0.3 is 0 Å². The highest BCUT2D eigenvalue weighted by Gasteiger charge is 2.55. The molecule has 5 aliphatic heterocycles. The zero-order valence-corrected chi connectivity index (χ0v) is 15.9. The molecule has 7 nitrogen and oxygen atoms in total. The maximum Gasteiger partial charge on any atom is 0.274 e. The van der Waals surface area contributed by atoms with Crippen LogP contribution in [-0.2, 0) is 0 Å². The number of rotatable bonds is 2. The number of nitrogens with one attached hydrogen (secondary N) is 1. The maximum atomic E-state index is 13.3. The topological polar surface area (TPSA) is 70.7 Å². The highest BCUT2D eigenvalue weighted by molar-refractivity contribution is 5.93. The smallest absolute Gasteiger partial charge is 0.274 e. The highest BCUT2D eigenvalue weighted by atomic mass is 16.7. The van der Waals surface area contributed by atoms with Crippen molar-refractivity contribution >= 4 is 5.91 Å². The molecule has 28 heavy (non-hydrogen) atoms. The summed E-state index contributed by atoms with van der Waals surface area (Å²) in [6.07, 6.45) is 2.36. The van der Waals surface area contributed by atoms with Gasteiger partial charge in [0.1, 0.15) is 5.69 Å². The lowest BCUT2D eigenvalue weighted by molar-refractivity contribution is -0.00359. The Bertz CT molecular complexity index is 933. The summed E-state index contributed by atoms with van der Waals surface area (Å²) in [4.78, 5) is 18.0. The number of aromatic nitrogens is 2. The van der Waals surface area contributed by atoms with Gasteiger partial charge in [-0.1, -0.05) is 6.07 Å². The molecule has 1 aromatic carbocycles. The van der Waals surface area contributed by atoms with E-state index in [4.69, 9.17) is 9.47 Å². The number of aryl methyl sites for hydroxylation is 1. The zero-order valence-electron chi connectivity index (χ0n) is 15.9. The first kappa shape index (κ1) is 16.4. The number of hydrogen-bond acceptors (Lipinski definition) is 5. The lowest BCUT2D eigenvalue weighted by Crippen LogP contribution is -2.60. The first-order chi connectivity index (χ1) is 13.7. The van der Waals surface area contributed by atoms with Gasteiger partial charge in [-0.15, -0.1) is 0 Å². The van der Waals surface area contributed by atoms with E-state index >= 15 is 0 Å². The second kappa shape index (κ2) is 5.98. The van der Waals surface area contributed by atoms with Gasteiger partial charge in [-0.3, -0.25) is 14.8 Å². The number of carbonyl (C=O) groups is 1. The summed E-state index contributed by atoms with van der Waals surface area (Å²) >= 11 is 0. The van der Waals surface area contributed by atoms with Crippen LogP contribution in [0.5, 0.6) is 11.5 Å². The molecule has 4 saturated heterocycles. The van der Waals surface area contributed by atoms with E-state index in [2.05, 4.69) is 32.1 Å². The molecule has 7 rings (SSSR count). The van der Waals surface area contributed by atoms with Crippen molar-refractivity contribution in [3.63, 3.8) is 0 Å². The second-order valence-electron chi connectivity index (χ2n) is 8.47. The predicted octanol–water partition coefficient (Wildman–Crippen LogP) is 2.15. The van der Waals surface area contributed by atoms with Crippen LogP contribution in [-0.4, -0.2) is 64.4 Å². The number of nitrogens with zero attached hydrogens (tertiary/aromatic N) is 3. The van der Waals surface area contributed by atoms with Gasteiger partial charge in [-0.05, 0) is 62.5 Å². The number of amides is 1. The Hall–Kier alpha value is -2.54. The fourth-order valence-electron chi connectivity index (χ4n) is 5.77. The van der Waals surface area contributed by atoms with E-state index in [9.17, 15) is 4.79 Å². The monoisotopic (exact) mass is 380 g/mol. The normalized spacial score (nSPS) is 32.6. The third-order valence-electron chi connectivity index (χ3n) is 7.00. The molecule has 6 heterocycles. The first-order valence-electron chi connectivity index (χ1n) is 10.2. The summed E-state index contributed by atoms with van der Waals surface area (Å²) < 4.78 is 11.1. The zero-order chi connectivity index (χ0) is 18.8. The van der Waals surface area contributed by atoms with Gasteiger partial charge in [0, 0.05) is 24.2 Å². The molecule has 1 amide bonds. The fraction of sp³-hybridized carbons (Fsp3) is 0.524. The summed E-state index contributed by atoms with van der Waals surface area (Å²) in [7, 11) is 0. The third-order valence-corrected chi connectivity index (χ3v) is 7.00. The van der Waals surface area contributed by atoms with Crippen LogP contribution in [0, 0.1) is 12.8 Å². The highest BCUT2D eigenvalue weighted by Crippen LogP contribution is 2.48. The molecule has 0 unspecified atom stereocenters. The average Bonchev–Trinajstić information content (AvgIpc) is 3.46. The molecule has 0 saturated carbocycles. The number of fused-ring (bicyclic) bond motifs is 3. The van der Waals surface area contributed by atoms with Crippen molar-refractivity contribution in [3.8, 4) is 11.5 Å². The number of carbonyl (C=O) groups excluding carboxylic acids is 1. The fourth-order valence-corrected chi connectivity index (χ4v) is 5.77. The minimum atomic E-state index is 0.0522. The number of ether oxygens (including phenoxy) is 2. The molecular formula is C21H24N4O3. The summed E-state index contributed by atoms with van der Waals surface area (Å²) in [5.41, 5.74) is 2.68. The first-order valence-corrected chi connectivity index (χ1v) is 10.2. The van der Waals surface area contributed by atoms with Crippen molar-refractivity contribution in [2.45, 2.75) is 37.8 Å². The van der Waals surface area contributed by atoms with Crippen molar-refractivity contribution in [1.29, 1.82) is 0 Å². The summed E-state index contributed by atoms with van der Waals surface area (Å²) in [6, 6.07) is 8.75. The minimum Gasteiger partial charge on any atom is -0.454 e. The Morgan fingerprint density at radius 3 is 2.75 bits per heavy atom. The minimum absolute atomic E-state index is 0.0522. The molecule has 0 aliphatic carbocycles. The van der Waals surface area contributed by atoms with Crippen molar-refractivity contribution in [1.82, 2.24) is 20.0 Å². The van der Waals surface area contributed by atoms with Crippen LogP contribution in [0.2, 0.25) is 0 Å². The summed E-state index contributed by atoms with van der Waals surface area (Å²) in [5, 5.41) is 7.15. The van der Waals surface area contributed by atoms with Crippen LogP contribution in [0.25, 0.3) is 0 Å². The van der Waals surface area contributed by atoms with Gasteiger partial charge in [-0.2, -0.15) is 5.10 Å². The third kappa shape index (κ3) is 2.32. The largest absolute Gasteiger partial charge is 0.454 e. The van der Waals surface area contributed by atoms with Gasteiger partial charge in [-0.25, -0.2) is 0 Å². The standard InChI is InChI=1S/C21H24N4O3/c1-12-8-16(23-22-12)21(26)25-10-15(14-2-3-17-18(9-14)28-11-27-17)20-19(25)13-4-6-24(20)7-5-13/h2-3,8-9,13,15,19-20H,4-7,10-11H2,1H3,(H,22,23)/t15-,19+,20+/m0/s1. The average molecular weight is 380 g/mol. The molecule has 1 N–H and O–H groups in total. The van der Waals surface area contributed by atoms with Crippen molar-refractivity contribution < 1.29 is 14.3 Å². The van der Waals surface area contributed by atoms with E-state index in [1.54, 1.807) is 0 Å². The molecule has 1 aromatic heterocycles. The molecule has 146 valence electrons. The van der Waals surface area contributed by atoms with E-state index in [0.717, 1.165) is 36.8 Å². The molecule has 2 aromatic rings. The van der Waals surface area contributed by atoms with Crippen LogP contribution >= 0.6 is 0 Å². The predicted molar refractivity (Wildman–Crippen MR) is 102 cm³/mol. The van der Waals surface area contributed by atoms with Gasteiger partial charge in [0.15, 0.2) is 11.5 Å². The Balaban J connectivity index is 1.38. The van der Waals surface area contributed by atoms with Gasteiger partial charge in [0.2, 0.25) is 6.79 Å². The van der Waals surface area contributed by atoms with Crippen LogP contribution in [0.4, 0.5) is 0 Å². The molecule has 4 fully saturated rings. The number of aromatic amines is 1. The Kier molecular flexibility index (Phi) is 3.50. The molecule has 0 radical (unpaired) electrons. The van der Waals surface area contributed by atoms with E-state index in [1.807, 2.05) is 19.1 Å². The molecule has 2 bridgehead atoms. The maximum absolute atomic E-state index is 13.3. The Morgan fingerprint density at radius 2 is 1.96 bits per heavy atom. The van der Waals surface area contributed by atoms with Crippen molar-refractivity contribution in [2.24, 2.45) is 5.92 Å². The lowest BCUT2D eigenvalue weighted by atomic mass is 9.75. The van der Waals surface area contributed by atoms with Gasteiger partial charge < -0.3 is 14.4 Å². The molecule has 7 heteroatoms. The van der Waals surface area contributed by atoms with Crippen molar-refractivity contribution in [2.75, 3.05) is 26.4 Å². The van der Waals surface area contributed by atoms with E-state index in [-0.39, 0.29) is 24.7 Å². The van der Waals surface area contributed by atoms with Crippen LogP contribution in [0.1, 0.15) is 40.5 Å². The quantitative estimate of drug-likeness (QED) is 0.865. The van der Waals surface area contributed by atoms with Crippen LogP contribution in [0.15, 0.2) is 24.3 Å². The van der Waals surface area contributed by atoms with Gasteiger partial charge in [0.05, 0.1) is 6.04 Å². The Morgan fingerprint density at radius 1 is 1.14 bits per heavy atom. The summed E-state index contributed by atoms with van der Waals surface area (Å²) in [5.74, 6) is 2.54. The number of benzene rings is 1.